The van der Waals surface area contributed by atoms with Crippen LogP contribution >= 0.6 is 11.5 Å². The molecule has 0 bridgehead atoms. The molecule has 1 atom stereocenters. The van der Waals surface area contributed by atoms with Crippen molar-refractivity contribution in [2.24, 2.45) is 0 Å². The zero-order valence-corrected chi connectivity index (χ0v) is 18.4. The van der Waals surface area contributed by atoms with E-state index in [-0.39, 0.29) is 6.04 Å². The van der Waals surface area contributed by atoms with Gasteiger partial charge in [0.2, 0.25) is 0 Å². The molecular weight excluding hydrogens is 418 g/mol. The number of hydrogen-bond acceptors (Lipinski definition) is 8. The number of ether oxygens (including phenoxy) is 2. The molecule has 3 aromatic rings. The van der Waals surface area contributed by atoms with Crippen molar-refractivity contribution in [2.45, 2.75) is 38.1 Å². The van der Waals surface area contributed by atoms with Crippen LogP contribution in [0.25, 0.3) is 21.6 Å². The average Bonchev–Trinajstić information content (AvgIpc) is 3.39. The fourth-order valence-electron chi connectivity index (χ4n) is 4.52. The Hall–Kier alpha value is -2.56. The van der Waals surface area contributed by atoms with E-state index in [4.69, 9.17) is 14.5 Å². The Kier molecular flexibility index (Phi) is 5.15. The zero-order valence-electron chi connectivity index (χ0n) is 17.6. The molecule has 2 N–H and O–H groups in total. The predicted octanol–water partition coefficient (Wildman–Crippen LogP) is 2.75. The third-order valence-electron chi connectivity index (χ3n) is 6.31. The summed E-state index contributed by atoms with van der Waals surface area (Å²) in [4.78, 5) is 19.8. The summed E-state index contributed by atoms with van der Waals surface area (Å²) in [5.41, 5.74) is 2.83. The van der Waals surface area contributed by atoms with Crippen molar-refractivity contribution in [3.8, 4) is 11.4 Å². The third-order valence-corrected chi connectivity index (χ3v) is 7.18. The number of carbonyl (C=O) groups is 1. The number of aryl methyl sites for hydroxylation is 1. The van der Waals surface area contributed by atoms with Gasteiger partial charge in [-0.05, 0) is 55.9 Å². The summed E-state index contributed by atoms with van der Waals surface area (Å²) < 4.78 is 16.6. The Morgan fingerprint density at radius 3 is 2.77 bits per heavy atom. The number of carboxylic acid groups (broad SMARTS) is 1. The van der Waals surface area contributed by atoms with Crippen molar-refractivity contribution < 1.29 is 19.4 Å². The van der Waals surface area contributed by atoms with Gasteiger partial charge in [-0.3, -0.25) is 9.89 Å². The average molecular weight is 444 g/mol. The highest BCUT2D eigenvalue weighted by Gasteiger charge is 2.44. The van der Waals surface area contributed by atoms with Crippen LogP contribution in [0.4, 0.5) is 5.82 Å². The molecule has 31 heavy (non-hydrogen) atoms. The number of aromatic amines is 1. The molecule has 5 heterocycles. The van der Waals surface area contributed by atoms with Gasteiger partial charge in [-0.2, -0.15) is 9.47 Å². The number of H-pyrrole nitrogens is 1. The molecule has 1 unspecified atom stereocenters. The van der Waals surface area contributed by atoms with E-state index in [1.165, 1.54) is 11.5 Å². The number of rotatable bonds is 4. The van der Waals surface area contributed by atoms with Crippen molar-refractivity contribution in [2.75, 3.05) is 37.9 Å². The summed E-state index contributed by atoms with van der Waals surface area (Å²) in [5.74, 6) is -0.0558. The topological polar surface area (TPSA) is 113 Å². The van der Waals surface area contributed by atoms with Gasteiger partial charge in [0.1, 0.15) is 17.0 Å². The molecule has 2 aliphatic rings. The number of fused-ring (bicyclic) bond motifs is 1. The van der Waals surface area contributed by atoms with Crippen LogP contribution in [0.3, 0.4) is 0 Å². The van der Waals surface area contributed by atoms with E-state index in [9.17, 15) is 9.90 Å². The molecule has 2 fully saturated rings. The van der Waals surface area contributed by atoms with Gasteiger partial charge in [-0.25, -0.2) is 4.98 Å². The first-order valence-corrected chi connectivity index (χ1v) is 11.3. The number of nitrogens with one attached hydrogen (secondary N) is 1. The lowest BCUT2D eigenvalue weighted by Crippen LogP contribution is -2.45. The normalized spacial score (nSPS) is 21.5. The van der Waals surface area contributed by atoms with Crippen molar-refractivity contribution in [3.05, 3.63) is 23.4 Å². The highest BCUT2D eigenvalue weighted by molar-refractivity contribution is 7.13. The minimum Gasteiger partial charge on any atom is -0.481 e. The molecule has 2 saturated heterocycles. The minimum atomic E-state index is -1.02. The fourth-order valence-corrected chi connectivity index (χ4v) is 5.46. The van der Waals surface area contributed by atoms with E-state index in [0.29, 0.717) is 57.0 Å². The van der Waals surface area contributed by atoms with E-state index in [1.54, 1.807) is 0 Å². The van der Waals surface area contributed by atoms with Gasteiger partial charge in [0.05, 0.1) is 40.8 Å². The molecule has 0 aromatic carbocycles. The first kappa shape index (κ1) is 20.3. The Bertz CT molecular complexity index is 1120. The maximum Gasteiger partial charge on any atom is 0.314 e. The van der Waals surface area contributed by atoms with Crippen LogP contribution in [-0.2, 0) is 19.7 Å². The number of morpholine rings is 1. The minimum absolute atomic E-state index is 0.145. The summed E-state index contributed by atoms with van der Waals surface area (Å²) in [5, 5.41) is 17.6. The van der Waals surface area contributed by atoms with Gasteiger partial charge in [0, 0.05) is 19.8 Å². The largest absolute Gasteiger partial charge is 0.481 e. The number of anilines is 1. The van der Waals surface area contributed by atoms with Crippen molar-refractivity contribution >= 4 is 33.5 Å². The molecule has 9 nitrogen and oxygen atoms in total. The summed E-state index contributed by atoms with van der Waals surface area (Å²) in [6.45, 7) is 6.79. The Morgan fingerprint density at radius 1 is 1.29 bits per heavy atom. The van der Waals surface area contributed by atoms with Crippen molar-refractivity contribution in [3.63, 3.8) is 0 Å². The van der Waals surface area contributed by atoms with E-state index >= 15 is 0 Å². The van der Waals surface area contributed by atoms with Gasteiger partial charge >= 0.3 is 5.97 Å². The lowest BCUT2D eigenvalue weighted by molar-refractivity contribution is -0.147. The van der Waals surface area contributed by atoms with Gasteiger partial charge in [0.25, 0.3) is 0 Å². The molecule has 3 aromatic heterocycles. The first-order valence-electron chi connectivity index (χ1n) is 10.5. The van der Waals surface area contributed by atoms with Crippen molar-refractivity contribution in [1.82, 2.24) is 19.6 Å². The van der Waals surface area contributed by atoms with Gasteiger partial charge in [-0.15, -0.1) is 0 Å². The molecule has 0 saturated carbocycles. The van der Waals surface area contributed by atoms with E-state index in [2.05, 4.69) is 26.4 Å². The van der Waals surface area contributed by atoms with Crippen LogP contribution in [-0.4, -0.2) is 69.6 Å². The van der Waals surface area contributed by atoms with E-state index in [0.717, 1.165) is 27.5 Å². The number of nitrogens with zero attached hydrogens (tertiary/aromatic N) is 4. The molecule has 164 valence electrons. The van der Waals surface area contributed by atoms with Crippen LogP contribution in [0.5, 0.6) is 0 Å². The van der Waals surface area contributed by atoms with E-state index in [1.807, 2.05) is 19.1 Å². The molecule has 0 spiro atoms. The van der Waals surface area contributed by atoms with Crippen LogP contribution in [0.1, 0.15) is 31.0 Å². The number of pyridine rings is 1. The monoisotopic (exact) mass is 443 g/mol. The second-order valence-electron chi connectivity index (χ2n) is 8.28. The summed E-state index contributed by atoms with van der Waals surface area (Å²) >= 11 is 1.30. The molecule has 2 aliphatic heterocycles. The molecular formula is C21H25N5O4S. The van der Waals surface area contributed by atoms with Crippen LogP contribution < -0.4 is 4.90 Å². The molecule has 0 radical (unpaired) electrons. The molecule has 5 rings (SSSR count). The van der Waals surface area contributed by atoms with Crippen LogP contribution in [0.15, 0.2) is 12.1 Å². The summed E-state index contributed by atoms with van der Waals surface area (Å²) in [6.07, 6.45) is 0.853. The Morgan fingerprint density at radius 2 is 2.10 bits per heavy atom. The number of carboxylic acids is 1. The molecule has 0 aliphatic carbocycles. The smallest absolute Gasteiger partial charge is 0.314 e. The zero-order chi connectivity index (χ0) is 21.6. The Labute approximate surface area is 183 Å². The first-order chi connectivity index (χ1) is 15.0. The second-order valence-corrected chi connectivity index (χ2v) is 9.05. The predicted molar refractivity (Wildman–Crippen MR) is 117 cm³/mol. The Balaban J connectivity index is 1.75. The third kappa shape index (κ3) is 3.38. The van der Waals surface area contributed by atoms with Gasteiger partial charge in [-0.1, -0.05) is 0 Å². The fraction of sp³-hybridized carbons (Fsp3) is 0.524. The molecule has 0 amide bonds. The van der Waals surface area contributed by atoms with Gasteiger partial charge in [0.15, 0.2) is 0 Å². The number of hydrogen-bond donors (Lipinski definition) is 2. The lowest BCUT2D eigenvalue weighted by Gasteiger charge is -2.37. The standard InChI is InChI=1S/C21H25N5O4S/c1-12-9-15(24-23-12)17-18-19(31-25-17)14(21(20(27)28)3-6-29-7-4-21)10-16(22-18)26-5-8-30-11-13(26)2/h9-10,13H,3-8,11H2,1-2H3,(H,23,24)(H,27,28). The van der Waals surface area contributed by atoms with Crippen LogP contribution in [0, 0.1) is 6.92 Å². The lowest BCUT2D eigenvalue weighted by atomic mass is 9.74. The maximum absolute atomic E-state index is 12.6. The highest BCUT2D eigenvalue weighted by atomic mass is 32.1. The van der Waals surface area contributed by atoms with E-state index < -0.39 is 11.4 Å². The summed E-state index contributed by atoms with van der Waals surface area (Å²) in [7, 11) is 0. The summed E-state index contributed by atoms with van der Waals surface area (Å²) in [6, 6.07) is 4.04. The number of aromatic nitrogens is 4. The van der Waals surface area contributed by atoms with Crippen LogP contribution in [0.2, 0.25) is 0 Å². The SMILES string of the molecule is Cc1cc(-c2nsc3c(C4(C(=O)O)CCOCC4)cc(N4CCOCC4C)nc23)[nH]n1. The second kappa shape index (κ2) is 7.85. The maximum atomic E-state index is 12.6. The quantitative estimate of drug-likeness (QED) is 0.633. The number of aliphatic carboxylic acids is 1. The highest BCUT2D eigenvalue weighted by Crippen LogP contribution is 2.43. The molecule has 10 heteroatoms. The van der Waals surface area contributed by atoms with Gasteiger partial charge < -0.3 is 19.5 Å². The van der Waals surface area contributed by atoms with Crippen molar-refractivity contribution in [1.29, 1.82) is 0 Å².